The molecule has 0 aliphatic carbocycles. The summed E-state index contributed by atoms with van der Waals surface area (Å²) in [5.74, 6) is 0.174. The molecule has 13 heavy (non-hydrogen) atoms. The van der Waals surface area contributed by atoms with Crippen molar-refractivity contribution in [1.82, 2.24) is 0 Å². The van der Waals surface area contributed by atoms with Gasteiger partial charge in [-0.05, 0) is 18.6 Å². The molecule has 0 unspecified atom stereocenters. The molecule has 1 fully saturated rings. The second-order valence-electron chi connectivity index (χ2n) is 3.02. The van der Waals surface area contributed by atoms with Crippen LogP contribution in [-0.4, -0.2) is 18.5 Å². The Morgan fingerprint density at radius 1 is 1.69 bits per heavy atom. The fourth-order valence-corrected chi connectivity index (χ4v) is 2.12. The van der Waals surface area contributed by atoms with Gasteiger partial charge in [0.1, 0.15) is 0 Å². The molecule has 70 valence electrons. The Labute approximate surface area is 85.5 Å². The molecule has 0 saturated carbocycles. The number of hydrogen-bond acceptors (Lipinski definition) is 3. The third-order valence-electron chi connectivity index (χ3n) is 1.94. The number of hydrogen-bond donors (Lipinski definition) is 0. The van der Waals surface area contributed by atoms with Crippen LogP contribution in [0.4, 0.5) is 0 Å². The summed E-state index contributed by atoms with van der Waals surface area (Å²) >= 11 is 7.06. The van der Waals surface area contributed by atoms with Gasteiger partial charge in [0.2, 0.25) is 0 Å². The number of ether oxygens (including phenoxy) is 1. The average molecular weight is 217 g/mol. The van der Waals surface area contributed by atoms with E-state index in [2.05, 4.69) is 0 Å². The monoisotopic (exact) mass is 216 g/mol. The van der Waals surface area contributed by atoms with E-state index in [0.29, 0.717) is 16.9 Å². The highest BCUT2D eigenvalue weighted by Crippen LogP contribution is 2.24. The summed E-state index contributed by atoms with van der Waals surface area (Å²) in [6, 6.07) is 3.54. The normalized spacial score (nSPS) is 20.2. The second-order valence-corrected chi connectivity index (χ2v) is 4.74. The third-order valence-corrected chi connectivity index (χ3v) is 3.22. The van der Waals surface area contributed by atoms with Gasteiger partial charge in [0, 0.05) is 6.42 Å². The van der Waals surface area contributed by atoms with Crippen LogP contribution in [0.15, 0.2) is 12.1 Å². The van der Waals surface area contributed by atoms with Crippen LogP contribution in [0.3, 0.4) is 0 Å². The Balaban J connectivity index is 1.88. The average Bonchev–Trinajstić information content (AvgIpc) is 2.84. The fourth-order valence-electron chi connectivity index (χ4n) is 1.11. The lowest BCUT2D eigenvalue weighted by Crippen LogP contribution is -1.98. The standard InChI is InChI=1S/C9H9ClO2S/c10-9-4-3-8(13-9)7(11)2-1-6-5-12-6/h3-4,6H,1-2,5H2/t6-/m0/s1. The van der Waals surface area contributed by atoms with E-state index < -0.39 is 0 Å². The highest BCUT2D eigenvalue weighted by molar-refractivity contribution is 7.18. The Kier molecular flexibility index (Phi) is 2.67. The molecule has 4 heteroatoms. The number of thiophene rings is 1. The van der Waals surface area contributed by atoms with Crippen molar-refractivity contribution in [3.05, 3.63) is 21.3 Å². The topological polar surface area (TPSA) is 29.6 Å². The van der Waals surface area contributed by atoms with Crippen LogP contribution in [0.25, 0.3) is 0 Å². The van der Waals surface area contributed by atoms with Gasteiger partial charge in [0.05, 0.1) is 21.9 Å². The van der Waals surface area contributed by atoms with Gasteiger partial charge in [0.15, 0.2) is 5.78 Å². The van der Waals surface area contributed by atoms with E-state index in [-0.39, 0.29) is 5.78 Å². The summed E-state index contributed by atoms with van der Waals surface area (Å²) < 4.78 is 5.70. The maximum atomic E-state index is 11.5. The van der Waals surface area contributed by atoms with Crippen LogP contribution in [-0.2, 0) is 4.74 Å². The summed E-state index contributed by atoms with van der Waals surface area (Å²) in [5.41, 5.74) is 0. The first-order valence-corrected chi connectivity index (χ1v) is 5.35. The van der Waals surface area contributed by atoms with Crippen molar-refractivity contribution < 1.29 is 9.53 Å². The zero-order chi connectivity index (χ0) is 9.26. The van der Waals surface area contributed by atoms with E-state index in [0.717, 1.165) is 17.9 Å². The lowest BCUT2D eigenvalue weighted by molar-refractivity contribution is 0.0980. The van der Waals surface area contributed by atoms with E-state index in [4.69, 9.17) is 16.3 Å². The van der Waals surface area contributed by atoms with Gasteiger partial charge in [-0.1, -0.05) is 11.6 Å². The summed E-state index contributed by atoms with van der Waals surface area (Å²) in [6.07, 6.45) is 1.75. The summed E-state index contributed by atoms with van der Waals surface area (Å²) in [7, 11) is 0. The van der Waals surface area contributed by atoms with Gasteiger partial charge >= 0.3 is 0 Å². The van der Waals surface area contributed by atoms with Crippen LogP contribution in [0, 0.1) is 0 Å². The maximum Gasteiger partial charge on any atom is 0.172 e. The molecule has 1 aliphatic rings. The number of carbonyl (C=O) groups is 1. The number of rotatable bonds is 4. The van der Waals surface area contributed by atoms with E-state index in [1.807, 2.05) is 0 Å². The van der Waals surface area contributed by atoms with Gasteiger partial charge < -0.3 is 4.74 Å². The van der Waals surface area contributed by atoms with Crippen molar-refractivity contribution in [1.29, 1.82) is 0 Å². The van der Waals surface area contributed by atoms with Crippen LogP contribution >= 0.6 is 22.9 Å². The Hall–Kier alpha value is -0.380. The first-order chi connectivity index (χ1) is 6.25. The van der Waals surface area contributed by atoms with Gasteiger partial charge in [-0.25, -0.2) is 0 Å². The minimum atomic E-state index is 0.174. The molecule has 1 aromatic heterocycles. The molecular formula is C9H9ClO2S. The highest BCUT2D eigenvalue weighted by atomic mass is 35.5. The van der Waals surface area contributed by atoms with Crippen molar-refractivity contribution in [3.8, 4) is 0 Å². The number of ketones is 1. The molecule has 1 aliphatic heterocycles. The van der Waals surface area contributed by atoms with Crippen molar-refractivity contribution in [2.45, 2.75) is 18.9 Å². The largest absolute Gasteiger partial charge is 0.373 e. The van der Waals surface area contributed by atoms with Crippen LogP contribution in [0.2, 0.25) is 4.34 Å². The number of halogens is 1. The molecular weight excluding hydrogens is 208 g/mol. The summed E-state index contributed by atoms with van der Waals surface area (Å²) in [6.45, 7) is 0.818. The SMILES string of the molecule is O=C(CC[C@H]1CO1)c1ccc(Cl)s1. The van der Waals surface area contributed by atoms with Crippen molar-refractivity contribution in [2.24, 2.45) is 0 Å². The van der Waals surface area contributed by atoms with Gasteiger partial charge in [-0.2, -0.15) is 0 Å². The first-order valence-electron chi connectivity index (χ1n) is 4.16. The van der Waals surface area contributed by atoms with E-state index in [1.54, 1.807) is 12.1 Å². The first kappa shape index (κ1) is 9.19. The molecule has 0 amide bonds. The summed E-state index contributed by atoms with van der Waals surface area (Å²) in [5, 5.41) is 0. The van der Waals surface area contributed by atoms with Crippen LogP contribution in [0.5, 0.6) is 0 Å². The van der Waals surface area contributed by atoms with Crippen molar-refractivity contribution >= 4 is 28.7 Å². The molecule has 1 aromatic rings. The van der Waals surface area contributed by atoms with E-state index >= 15 is 0 Å². The lowest BCUT2D eigenvalue weighted by Gasteiger charge is -1.93. The van der Waals surface area contributed by atoms with Gasteiger partial charge in [-0.3, -0.25) is 4.79 Å². The Bertz CT molecular complexity index is 317. The molecule has 0 bridgehead atoms. The predicted octanol–water partition coefficient (Wildman–Crippen LogP) is 2.76. The van der Waals surface area contributed by atoms with Crippen molar-refractivity contribution in [2.75, 3.05) is 6.61 Å². The van der Waals surface area contributed by atoms with Crippen LogP contribution in [0.1, 0.15) is 22.5 Å². The minimum Gasteiger partial charge on any atom is -0.373 e. The van der Waals surface area contributed by atoms with Gasteiger partial charge in [0.25, 0.3) is 0 Å². The molecule has 0 aromatic carbocycles. The van der Waals surface area contributed by atoms with Crippen LogP contribution < -0.4 is 0 Å². The molecule has 1 atom stereocenters. The molecule has 2 nitrogen and oxygen atoms in total. The van der Waals surface area contributed by atoms with Gasteiger partial charge in [-0.15, -0.1) is 11.3 Å². The molecule has 0 N–H and O–H groups in total. The molecule has 1 saturated heterocycles. The Morgan fingerprint density at radius 3 is 3.00 bits per heavy atom. The maximum absolute atomic E-state index is 11.5. The third kappa shape index (κ3) is 2.53. The van der Waals surface area contributed by atoms with E-state index in [1.165, 1.54) is 11.3 Å². The predicted molar refractivity (Wildman–Crippen MR) is 52.6 cm³/mol. The number of Topliss-reactive ketones (excluding diaryl/α,β-unsaturated/α-hetero) is 1. The zero-order valence-corrected chi connectivity index (χ0v) is 8.53. The lowest BCUT2D eigenvalue weighted by atomic mass is 10.1. The molecule has 2 heterocycles. The summed E-state index contributed by atoms with van der Waals surface area (Å²) in [4.78, 5) is 12.2. The highest BCUT2D eigenvalue weighted by Gasteiger charge is 2.23. The molecule has 2 rings (SSSR count). The minimum absolute atomic E-state index is 0.174. The number of carbonyl (C=O) groups excluding carboxylic acids is 1. The molecule has 0 radical (unpaired) electrons. The Morgan fingerprint density at radius 2 is 2.46 bits per heavy atom. The number of epoxide rings is 1. The van der Waals surface area contributed by atoms with E-state index in [9.17, 15) is 4.79 Å². The quantitative estimate of drug-likeness (QED) is 0.572. The molecule has 0 spiro atoms. The fraction of sp³-hybridized carbons (Fsp3) is 0.444. The zero-order valence-electron chi connectivity index (χ0n) is 6.96. The van der Waals surface area contributed by atoms with Crippen molar-refractivity contribution in [3.63, 3.8) is 0 Å². The smallest absolute Gasteiger partial charge is 0.172 e. The second kappa shape index (κ2) is 3.78.